The van der Waals surface area contributed by atoms with E-state index < -0.39 is 11.5 Å². The first-order valence-electron chi connectivity index (χ1n) is 6.88. The van der Waals surface area contributed by atoms with Crippen LogP contribution in [0.3, 0.4) is 0 Å². The third-order valence-electron chi connectivity index (χ3n) is 3.63. The highest BCUT2D eigenvalue weighted by molar-refractivity contribution is 5.79. The third-order valence-corrected chi connectivity index (χ3v) is 3.63. The number of carboxylic acids is 1. The molecule has 0 fully saturated rings. The minimum atomic E-state index is -1.01. The van der Waals surface area contributed by atoms with E-state index in [1.807, 2.05) is 37.3 Å². The molecule has 1 aromatic heterocycles. The Morgan fingerprint density at radius 2 is 2.24 bits per heavy atom. The number of carbonyl (C=O) groups is 1. The second-order valence-electron chi connectivity index (χ2n) is 5.38. The number of carboxylic acid groups (broad SMARTS) is 1. The quantitative estimate of drug-likeness (QED) is 0.854. The molecule has 0 saturated carbocycles. The van der Waals surface area contributed by atoms with Crippen LogP contribution < -0.4 is 10.1 Å². The Bertz CT molecular complexity index is 644. The largest absolute Gasteiger partial charge is 0.491 e. The van der Waals surface area contributed by atoms with Gasteiger partial charge in [-0.1, -0.05) is 6.07 Å². The van der Waals surface area contributed by atoms with Crippen LogP contribution in [0, 0.1) is 0 Å². The van der Waals surface area contributed by atoms with Crippen LogP contribution in [0.15, 0.2) is 36.5 Å². The molecule has 0 aliphatic carbocycles. The Morgan fingerprint density at radius 1 is 1.48 bits per heavy atom. The van der Waals surface area contributed by atoms with Crippen LogP contribution >= 0.6 is 0 Å². The molecule has 112 valence electrons. The van der Waals surface area contributed by atoms with Gasteiger partial charge < -0.3 is 15.2 Å². The van der Waals surface area contributed by atoms with Crippen molar-refractivity contribution in [2.75, 3.05) is 7.05 Å². The number of aromatic nitrogens is 1. The summed E-state index contributed by atoms with van der Waals surface area (Å²) in [6.45, 7) is 3.51. The van der Waals surface area contributed by atoms with E-state index in [-0.39, 0.29) is 6.10 Å². The summed E-state index contributed by atoms with van der Waals surface area (Å²) in [5.41, 5.74) is -0.147. The van der Waals surface area contributed by atoms with Gasteiger partial charge in [-0.15, -0.1) is 0 Å². The number of hydrogen-bond donors (Lipinski definition) is 2. The number of hydrogen-bond acceptors (Lipinski definition) is 4. The van der Waals surface area contributed by atoms with Gasteiger partial charge in [-0.2, -0.15) is 0 Å². The lowest BCUT2D eigenvalue weighted by atomic mass is 9.95. The predicted octanol–water partition coefficient (Wildman–Crippen LogP) is 2.45. The normalized spacial score (nSPS) is 15.4. The molecule has 2 aromatic rings. The second kappa shape index (κ2) is 6.10. The average molecular weight is 288 g/mol. The highest BCUT2D eigenvalue weighted by atomic mass is 16.5. The van der Waals surface area contributed by atoms with E-state index >= 15 is 0 Å². The molecular formula is C16H20N2O3. The van der Waals surface area contributed by atoms with Crippen molar-refractivity contribution in [3.63, 3.8) is 0 Å². The SMILES string of the molecule is CNC(C)(CC(C)Oc1ccc2cccnc2c1)C(=O)O. The lowest BCUT2D eigenvalue weighted by molar-refractivity contribution is -0.145. The maximum Gasteiger partial charge on any atom is 0.323 e. The van der Waals surface area contributed by atoms with Gasteiger partial charge in [-0.25, -0.2) is 0 Å². The number of likely N-dealkylation sites (N-methyl/N-ethyl adjacent to an activating group) is 1. The van der Waals surface area contributed by atoms with Gasteiger partial charge in [0.2, 0.25) is 0 Å². The van der Waals surface area contributed by atoms with E-state index in [2.05, 4.69) is 10.3 Å². The summed E-state index contributed by atoms with van der Waals surface area (Å²) < 4.78 is 5.83. The van der Waals surface area contributed by atoms with Gasteiger partial charge in [0.15, 0.2) is 0 Å². The molecule has 2 unspecified atom stereocenters. The molecule has 2 N–H and O–H groups in total. The van der Waals surface area contributed by atoms with Crippen LogP contribution in [-0.2, 0) is 4.79 Å². The summed E-state index contributed by atoms with van der Waals surface area (Å²) in [6.07, 6.45) is 1.86. The van der Waals surface area contributed by atoms with E-state index in [1.54, 1.807) is 20.2 Å². The number of fused-ring (bicyclic) bond motifs is 1. The van der Waals surface area contributed by atoms with Gasteiger partial charge in [-0.05, 0) is 39.1 Å². The number of nitrogens with one attached hydrogen (secondary N) is 1. The van der Waals surface area contributed by atoms with Gasteiger partial charge in [-0.3, -0.25) is 9.78 Å². The average Bonchev–Trinajstić information content (AvgIpc) is 2.46. The monoisotopic (exact) mass is 288 g/mol. The van der Waals surface area contributed by atoms with E-state index in [0.29, 0.717) is 12.2 Å². The molecule has 0 amide bonds. The Morgan fingerprint density at radius 3 is 2.90 bits per heavy atom. The van der Waals surface area contributed by atoms with E-state index in [4.69, 9.17) is 4.74 Å². The van der Waals surface area contributed by atoms with Crippen molar-refractivity contribution in [3.8, 4) is 5.75 Å². The summed E-state index contributed by atoms with van der Waals surface area (Å²) in [5, 5.41) is 13.1. The van der Waals surface area contributed by atoms with Crippen molar-refractivity contribution >= 4 is 16.9 Å². The Hall–Kier alpha value is -2.14. The van der Waals surface area contributed by atoms with Gasteiger partial charge in [0.1, 0.15) is 11.3 Å². The molecule has 5 heteroatoms. The molecule has 21 heavy (non-hydrogen) atoms. The van der Waals surface area contributed by atoms with Gasteiger partial charge in [0.25, 0.3) is 0 Å². The van der Waals surface area contributed by atoms with Crippen LogP contribution in [0.2, 0.25) is 0 Å². The van der Waals surface area contributed by atoms with E-state index in [9.17, 15) is 9.90 Å². The fraction of sp³-hybridized carbons (Fsp3) is 0.375. The summed E-state index contributed by atoms with van der Waals surface area (Å²) in [7, 11) is 1.64. The minimum Gasteiger partial charge on any atom is -0.491 e. The summed E-state index contributed by atoms with van der Waals surface area (Å²) in [4.78, 5) is 15.6. The third kappa shape index (κ3) is 3.49. The fourth-order valence-electron chi connectivity index (χ4n) is 2.26. The molecular weight excluding hydrogens is 268 g/mol. The molecule has 0 aliphatic rings. The number of pyridine rings is 1. The maximum atomic E-state index is 11.3. The molecule has 0 aliphatic heterocycles. The molecule has 2 atom stereocenters. The summed E-state index contributed by atoms with van der Waals surface area (Å²) >= 11 is 0. The van der Waals surface area contributed by atoms with Gasteiger partial charge in [0.05, 0.1) is 11.6 Å². The van der Waals surface area contributed by atoms with Crippen molar-refractivity contribution in [2.24, 2.45) is 0 Å². The Balaban J connectivity index is 2.10. The number of benzene rings is 1. The molecule has 0 saturated heterocycles. The molecule has 1 aromatic carbocycles. The minimum absolute atomic E-state index is 0.236. The standard InChI is InChI=1S/C16H20N2O3/c1-11(10-16(2,17-3)15(19)20)21-13-7-6-12-5-4-8-18-14(12)9-13/h4-9,11,17H,10H2,1-3H3,(H,19,20). The van der Waals surface area contributed by atoms with Crippen molar-refractivity contribution in [1.82, 2.24) is 10.3 Å². The first kappa shape index (κ1) is 15.3. The summed E-state index contributed by atoms with van der Waals surface area (Å²) in [6, 6.07) is 9.55. The van der Waals surface area contributed by atoms with Crippen LogP contribution in [0.1, 0.15) is 20.3 Å². The van der Waals surface area contributed by atoms with Gasteiger partial charge in [0, 0.05) is 24.1 Å². The number of nitrogens with zero attached hydrogens (tertiary/aromatic N) is 1. The first-order valence-corrected chi connectivity index (χ1v) is 6.88. The van der Waals surface area contributed by atoms with Crippen LogP contribution in [0.4, 0.5) is 0 Å². The summed E-state index contributed by atoms with van der Waals surface area (Å²) in [5.74, 6) is -0.196. The highest BCUT2D eigenvalue weighted by Gasteiger charge is 2.33. The fourth-order valence-corrected chi connectivity index (χ4v) is 2.26. The smallest absolute Gasteiger partial charge is 0.323 e. The van der Waals surface area contributed by atoms with Crippen molar-refractivity contribution in [3.05, 3.63) is 36.5 Å². The van der Waals surface area contributed by atoms with Crippen LogP contribution in [0.25, 0.3) is 10.9 Å². The Labute approximate surface area is 124 Å². The van der Waals surface area contributed by atoms with Gasteiger partial charge >= 0.3 is 5.97 Å². The highest BCUT2D eigenvalue weighted by Crippen LogP contribution is 2.22. The lowest BCUT2D eigenvalue weighted by Crippen LogP contribution is -2.50. The molecule has 2 rings (SSSR count). The van der Waals surface area contributed by atoms with Crippen molar-refractivity contribution < 1.29 is 14.6 Å². The molecule has 0 bridgehead atoms. The number of rotatable bonds is 6. The van der Waals surface area contributed by atoms with Crippen molar-refractivity contribution in [1.29, 1.82) is 0 Å². The molecule has 0 radical (unpaired) electrons. The molecule has 5 nitrogen and oxygen atoms in total. The van der Waals surface area contributed by atoms with E-state index in [1.165, 1.54) is 0 Å². The zero-order chi connectivity index (χ0) is 15.5. The van der Waals surface area contributed by atoms with E-state index in [0.717, 1.165) is 10.9 Å². The number of ether oxygens (including phenoxy) is 1. The van der Waals surface area contributed by atoms with Crippen LogP contribution in [0.5, 0.6) is 5.75 Å². The van der Waals surface area contributed by atoms with Crippen LogP contribution in [-0.4, -0.2) is 34.8 Å². The zero-order valence-corrected chi connectivity index (χ0v) is 12.5. The van der Waals surface area contributed by atoms with Crippen molar-refractivity contribution in [2.45, 2.75) is 31.9 Å². The second-order valence-corrected chi connectivity index (χ2v) is 5.38. The molecule has 1 heterocycles. The lowest BCUT2D eigenvalue weighted by Gasteiger charge is -2.27. The Kier molecular flexibility index (Phi) is 4.43. The first-order chi connectivity index (χ1) is 9.94. The molecule has 0 spiro atoms. The number of aliphatic carboxylic acids is 1. The topological polar surface area (TPSA) is 71.5 Å². The zero-order valence-electron chi connectivity index (χ0n) is 12.5. The predicted molar refractivity (Wildman–Crippen MR) is 81.6 cm³/mol. The maximum absolute atomic E-state index is 11.3.